The van der Waals surface area contributed by atoms with Gasteiger partial charge in [0.1, 0.15) is 28.5 Å². The lowest BCUT2D eigenvalue weighted by Crippen LogP contribution is -2.71. The maximum absolute atomic E-state index is 12.9. The number of carboxylic acids is 1. The molecule has 8 N–H and O–H groups in total. The fourth-order valence-electron chi connectivity index (χ4n) is 3.76. The molecule has 0 saturated carbocycles. The topological polar surface area (TPSA) is 217 Å². The Morgan fingerprint density at radius 3 is 2.81 bits per heavy atom. The van der Waals surface area contributed by atoms with Gasteiger partial charge >= 0.3 is 12.0 Å². The molecular weight excluding hydrogens is 524 g/mol. The number of aliphatic carboxylic acids is 1. The van der Waals surface area contributed by atoms with E-state index in [1.165, 1.54) is 17.1 Å². The summed E-state index contributed by atoms with van der Waals surface area (Å²) in [5.41, 5.74) is 11.1. The predicted molar refractivity (Wildman–Crippen MR) is 134 cm³/mol. The summed E-state index contributed by atoms with van der Waals surface area (Å²) in [4.78, 5) is 53.6. The molecule has 14 nitrogen and oxygen atoms in total. The van der Waals surface area contributed by atoms with Crippen LogP contribution in [0, 0.1) is 0 Å². The number of rotatable bonds is 8. The normalized spacial score (nSPS) is 19.4. The van der Waals surface area contributed by atoms with Gasteiger partial charge in [-0.1, -0.05) is 11.2 Å². The van der Waals surface area contributed by atoms with Crippen LogP contribution in [0.5, 0.6) is 0 Å². The van der Waals surface area contributed by atoms with E-state index in [1.54, 1.807) is 41.2 Å². The molecule has 192 valence electrons. The minimum atomic E-state index is -1.28. The molecule has 2 atom stereocenters. The molecule has 4 amide bonds. The highest BCUT2D eigenvalue weighted by atomic mass is 32.2. The van der Waals surface area contributed by atoms with Gasteiger partial charge in [0.2, 0.25) is 0 Å². The first-order valence-corrected chi connectivity index (χ1v) is 12.5. The minimum absolute atomic E-state index is 0.0507. The molecule has 1 saturated heterocycles. The van der Waals surface area contributed by atoms with Crippen molar-refractivity contribution in [2.75, 3.05) is 16.8 Å². The molecule has 2 aliphatic rings. The number of thioether (sulfide) groups is 1. The van der Waals surface area contributed by atoms with Crippen molar-refractivity contribution < 1.29 is 34.1 Å². The molecule has 37 heavy (non-hydrogen) atoms. The summed E-state index contributed by atoms with van der Waals surface area (Å²) in [5.74, 6) is -2.46. The lowest BCUT2D eigenvalue weighted by atomic mass is 10.0. The number of allylic oxidation sites excluding steroid dienone is 2. The van der Waals surface area contributed by atoms with E-state index >= 15 is 0 Å². The van der Waals surface area contributed by atoms with Gasteiger partial charge in [-0.3, -0.25) is 14.5 Å². The van der Waals surface area contributed by atoms with Crippen molar-refractivity contribution in [3.05, 3.63) is 59.0 Å². The van der Waals surface area contributed by atoms with E-state index in [2.05, 4.69) is 20.8 Å². The van der Waals surface area contributed by atoms with Gasteiger partial charge in [-0.15, -0.1) is 23.1 Å². The summed E-state index contributed by atoms with van der Waals surface area (Å²) < 4.78 is 1.75. The molecule has 2 aliphatic heterocycles. The number of nitrogen functional groups attached to an aromatic ring is 1. The van der Waals surface area contributed by atoms with Crippen molar-refractivity contribution in [3.8, 4) is 0 Å². The maximum atomic E-state index is 12.9. The number of thiazole rings is 1. The Bertz CT molecular complexity index is 1370. The van der Waals surface area contributed by atoms with Crippen LogP contribution in [0.3, 0.4) is 0 Å². The molecule has 1 fully saturated rings. The second kappa shape index (κ2) is 10.7. The first kappa shape index (κ1) is 25.6. The number of hydrogen-bond acceptors (Lipinski definition) is 10. The number of carbonyl (C=O) groups is 4. The third-order valence-electron chi connectivity index (χ3n) is 5.33. The van der Waals surface area contributed by atoms with Crippen LogP contribution >= 0.6 is 23.1 Å². The molecule has 4 rings (SSSR count). The Kier molecular flexibility index (Phi) is 7.40. The van der Waals surface area contributed by atoms with Crippen LogP contribution in [0.1, 0.15) is 5.69 Å². The number of pyridine rings is 1. The quantitative estimate of drug-likeness (QED) is 0.0840. The van der Waals surface area contributed by atoms with Crippen molar-refractivity contribution in [2.24, 2.45) is 10.9 Å². The average Bonchev–Trinajstić information content (AvgIpc) is 3.27. The van der Waals surface area contributed by atoms with Gasteiger partial charge in [0, 0.05) is 17.2 Å². The van der Waals surface area contributed by atoms with Crippen molar-refractivity contribution in [2.45, 2.75) is 18.0 Å². The number of primary amides is 1. The number of carbonyl (C=O) groups excluding carboxylic acids is 3. The molecule has 2 aromatic rings. The van der Waals surface area contributed by atoms with Crippen molar-refractivity contribution in [1.29, 1.82) is 0 Å². The van der Waals surface area contributed by atoms with Crippen LogP contribution in [-0.4, -0.2) is 66.9 Å². The Hall–Kier alpha value is -4.44. The van der Waals surface area contributed by atoms with Gasteiger partial charge in [0.15, 0.2) is 29.8 Å². The number of hydrogen-bond donors (Lipinski definition) is 6. The van der Waals surface area contributed by atoms with Crippen molar-refractivity contribution in [1.82, 2.24) is 15.2 Å². The van der Waals surface area contributed by atoms with E-state index in [0.29, 0.717) is 17.8 Å². The maximum Gasteiger partial charge on any atom is 0.352 e. The lowest BCUT2D eigenvalue weighted by Gasteiger charge is -2.49. The second-order valence-corrected chi connectivity index (χ2v) is 9.74. The molecule has 0 aromatic carbocycles. The third-order valence-corrected chi connectivity index (χ3v) is 7.30. The summed E-state index contributed by atoms with van der Waals surface area (Å²) >= 11 is 2.33. The van der Waals surface area contributed by atoms with Gasteiger partial charge in [-0.25, -0.2) is 14.6 Å². The number of aromatic nitrogens is 2. The fourth-order valence-corrected chi connectivity index (χ4v) is 5.62. The zero-order chi connectivity index (χ0) is 26.7. The number of anilines is 2. The Morgan fingerprint density at radius 1 is 1.38 bits per heavy atom. The Labute approximate surface area is 217 Å². The van der Waals surface area contributed by atoms with Crippen LogP contribution in [0.15, 0.2) is 58.5 Å². The summed E-state index contributed by atoms with van der Waals surface area (Å²) in [6, 6.07) is 1.67. The highest BCUT2D eigenvalue weighted by molar-refractivity contribution is 8.00. The summed E-state index contributed by atoms with van der Waals surface area (Å²) in [5, 5.41) is 28.0. The molecule has 0 bridgehead atoms. The fraction of sp³-hybridized carbons (Fsp3) is 0.190. The molecule has 0 aliphatic carbocycles. The molecule has 0 radical (unpaired) electrons. The van der Waals surface area contributed by atoms with Crippen LogP contribution < -0.4 is 26.7 Å². The zero-order valence-electron chi connectivity index (χ0n) is 18.9. The number of amides is 4. The van der Waals surface area contributed by atoms with Gasteiger partial charge in [-0.2, -0.15) is 4.57 Å². The number of oxime groups is 1. The zero-order valence-corrected chi connectivity index (χ0v) is 20.5. The van der Waals surface area contributed by atoms with Crippen LogP contribution in [-0.2, 0) is 20.9 Å². The summed E-state index contributed by atoms with van der Waals surface area (Å²) in [6.45, 7) is 0.357. The number of β-lactam (4-membered cyclic amide) rings is 1. The molecule has 0 spiro atoms. The molecule has 2 aromatic heterocycles. The Balaban J connectivity index is 1.46. The smallest absolute Gasteiger partial charge is 0.352 e. The molecule has 4 heterocycles. The van der Waals surface area contributed by atoms with Gasteiger partial charge in [0.25, 0.3) is 11.8 Å². The van der Waals surface area contributed by atoms with Crippen LogP contribution in [0.2, 0.25) is 0 Å². The minimum Gasteiger partial charge on any atom is -0.477 e. The standard InChI is InChI=1S/C21H20N8O6S2/c22-20(34)24-11-4-2-6-28(7-11)5-1-3-10-8-36-18-14(17(31)29(18)15(10)19(32)33)26-16(30)13(27-35)12-9-37-21(23)25-12/h1-4,6-7,9,14,18H,5,8H2,(H7-,22,23,24,25,26,30,32,33,34,35)/p+1/b3-1+/t14-,18-/m1/s1. The molecular formula is C21H21N8O6S2+. The number of fused-ring (bicyclic) bond motifs is 1. The summed E-state index contributed by atoms with van der Waals surface area (Å²) in [7, 11) is 0. The van der Waals surface area contributed by atoms with Crippen LogP contribution in [0.25, 0.3) is 0 Å². The van der Waals surface area contributed by atoms with Crippen molar-refractivity contribution >= 4 is 63.4 Å². The van der Waals surface area contributed by atoms with E-state index in [-0.39, 0.29) is 22.3 Å². The van der Waals surface area contributed by atoms with E-state index in [4.69, 9.17) is 11.5 Å². The number of carboxylic acid groups (broad SMARTS) is 1. The van der Waals surface area contributed by atoms with Gasteiger partial charge in [0.05, 0.1) is 0 Å². The van der Waals surface area contributed by atoms with Crippen molar-refractivity contribution in [3.63, 3.8) is 0 Å². The highest BCUT2D eigenvalue weighted by Crippen LogP contribution is 2.40. The molecule has 16 heteroatoms. The number of nitrogens with two attached hydrogens (primary N) is 2. The average molecular weight is 546 g/mol. The summed E-state index contributed by atoms with van der Waals surface area (Å²) in [6.07, 6.45) is 6.75. The first-order valence-electron chi connectivity index (χ1n) is 10.6. The SMILES string of the molecule is NC(=O)Nc1ccc[n+](C/C=C/C2=C(C(=O)O)N3C(=O)[C@@H](NC(=O)/C(=N\O)c4csc(N)n4)[C@H]3SC2)c1. The number of urea groups is 1. The van der Waals surface area contributed by atoms with Crippen LogP contribution in [0.4, 0.5) is 15.6 Å². The van der Waals surface area contributed by atoms with E-state index in [1.807, 2.05) is 0 Å². The van der Waals surface area contributed by atoms with E-state index < -0.39 is 40.9 Å². The van der Waals surface area contributed by atoms with Gasteiger partial charge in [-0.05, 0) is 17.7 Å². The van der Waals surface area contributed by atoms with E-state index in [0.717, 1.165) is 16.2 Å². The van der Waals surface area contributed by atoms with Gasteiger partial charge < -0.3 is 32.4 Å². The number of nitrogens with one attached hydrogen (secondary N) is 2. The predicted octanol–water partition coefficient (Wildman–Crippen LogP) is -0.323. The molecule has 0 unspecified atom stereocenters. The lowest BCUT2D eigenvalue weighted by molar-refractivity contribution is -0.686. The number of nitrogens with zero attached hydrogens (tertiary/aromatic N) is 4. The highest BCUT2D eigenvalue weighted by Gasteiger charge is 2.54. The monoisotopic (exact) mass is 545 g/mol. The largest absolute Gasteiger partial charge is 0.477 e. The second-order valence-electron chi connectivity index (χ2n) is 7.74. The Morgan fingerprint density at radius 2 is 2.16 bits per heavy atom. The first-order chi connectivity index (χ1) is 17.7. The van der Waals surface area contributed by atoms with E-state index in [9.17, 15) is 29.5 Å². The third kappa shape index (κ3) is 5.39.